The number of carbonyl (C=O) groups excluding carboxylic acids is 2. The van der Waals surface area contributed by atoms with Gasteiger partial charge in [-0.15, -0.1) is 4.37 Å². The van der Waals surface area contributed by atoms with Crippen LogP contribution in [0.15, 0.2) is 6.08 Å². The van der Waals surface area contributed by atoms with Crippen molar-refractivity contribution in [2.45, 2.75) is 26.2 Å². The summed E-state index contributed by atoms with van der Waals surface area (Å²) in [7, 11) is 0. The SMILES string of the molecule is CCOc1nsnc1C1=CCCN(CC)C12OC(=O)C(=O)O2. The number of carbonyl (C=O) groups is 2. The molecule has 9 heteroatoms. The van der Waals surface area contributed by atoms with E-state index in [-0.39, 0.29) is 0 Å². The summed E-state index contributed by atoms with van der Waals surface area (Å²) in [6.07, 6.45) is 2.56. The van der Waals surface area contributed by atoms with Crippen LogP contribution in [0.4, 0.5) is 0 Å². The molecular formula is C13H15N3O5S. The smallest absolute Gasteiger partial charge is 0.422 e. The molecular weight excluding hydrogens is 310 g/mol. The van der Waals surface area contributed by atoms with Crippen molar-refractivity contribution in [1.82, 2.24) is 13.6 Å². The Bertz CT molecular complexity index is 625. The average molecular weight is 325 g/mol. The van der Waals surface area contributed by atoms with Crippen LogP contribution in [0.25, 0.3) is 5.57 Å². The molecule has 118 valence electrons. The van der Waals surface area contributed by atoms with Crippen molar-refractivity contribution in [3.8, 4) is 5.88 Å². The first-order valence-corrected chi connectivity index (χ1v) is 7.73. The molecule has 0 N–H and O–H groups in total. The summed E-state index contributed by atoms with van der Waals surface area (Å²) in [6.45, 7) is 5.30. The highest BCUT2D eigenvalue weighted by molar-refractivity contribution is 6.99. The molecule has 22 heavy (non-hydrogen) atoms. The minimum atomic E-state index is -1.57. The summed E-state index contributed by atoms with van der Waals surface area (Å²) < 4.78 is 24.4. The van der Waals surface area contributed by atoms with Crippen LogP contribution in [-0.4, -0.2) is 51.2 Å². The summed E-state index contributed by atoms with van der Waals surface area (Å²) >= 11 is 0.987. The molecule has 1 saturated heterocycles. The van der Waals surface area contributed by atoms with Gasteiger partial charge in [0.25, 0.3) is 5.88 Å². The van der Waals surface area contributed by atoms with Crippen molar-refractivity contribution in [1.29, 1.82) is 0 Å². The maximum Gasteiger partial charge on any atom is 0.422 e. The lowest BCUT2D eigenvalue weighted by Crippen LogP contribution is -2.53. The van der Waals surface area contributed by atoms with Gasteiger partial charge in [-0.3, -0.25) is 0 Å². The van der Waals surface area contributed by atoms with Crippen LogP contribution in [0.1, 0.15) is 26.0 Å². The third-order valence-corrected chi connectivity index (χ3v) is 4.02. The van der Waals surface area contributed by atoms with Gasteiger partial charge < -0.3 is 14.2 Å². The summed E-state index contributed by atoms with van der Waals surface area (Å²) in [6, 6.07) is 0. The zero-order chi connectivity index (χ0) is 15.7. The maximum atomic E-state index is 11.6. The molecule has 0 bridgehead atoms. The third kappa shape index (κ3) is 2.17. The van der Waals surface area contributed by atoms with E-state index in [2.05, 4.69) is 8.75 Å². The molecule has 0 saturated carbocycles. The Morgan fingerprint density at radius 1 is 1.32 bits per heavy atom. The molecule has 8 nitrogen and oxygen atoms in total. The van der Waals surface area contributed by atoms with Gasteiger partial charge in [0.2, 0.25) is 0 Å². The van der Waals surface area contributed by atoms with Gasteiger partial charge in [0, 0.05) is 13.1 Å². The van der Waals surface area contributed by atoms with Crippen molar-refractivity contribution in [3.63, 3.8) is 0 Å². The Morgan fingerprint density at radius 3 is 2.68 bits per heavy atom. The molecule has 1 aromatic rings. The second-order valence-corrected chi connectivity index (χ2v) is 5.23. The van der Waals surface area contributed by atoms with E-state index in [4.69, 9.17) is 14.2 Å². The largest absolute Gasteiger partial charge is 0.476 e. The first-order chi connectivity index (χ1) is 10.6. The lowest BCUT2D eigenvalue weighted by molar-refractivity contribution is -0.215. The van der Waals surface area contributed by atoms with Crippen LogP contribution in [0.2, 0.25) is 0 Å². The fourth-order valence-electron chi connectivity index (χ4n) is 2.59. The summed E-state index contributed by atoms with van der Waals surface area (Å²) in [4.78, 5) is 25.0. The lowest BCUT2D eigenvalue weighted by atomic mass is 10.0. The fourth-order valence-corrected chi connectivity index (χ4v) is 3.11. The van der Waals surface area contributed by atoms with E-state index >= 15 is 0 Å². The van der Waals surface area contributed by atoms with Gasteiger partial charge in [0.15, 0.2) is 5.69 Å². The quantitative estimate of drug-likeness (QED) is 0.593. The average Bonchev–Trinajstić information content (AvgIpc) is 3.06. The van der Waals surface area contributed by atoms with Crippen molar-refractivity contribution in [2.24, 2.45) is 0 Å². The Morgan fingerprint density at radius 2 is 2.05 bits per heavy atom. The fraction of sp³-hybridized carbons (Fsp3) is 0.538. The van der Waals surface area contributed by atoms with Crippen LogP contribution >= 0.6 is 11.7 Å². The minimum absolute atomic E-state index is 0.343. The van der Waals surface area contributed by atoms with Gasteiger partial charge in [-0.25, -0.2) is 14.5 Å². The topological polar surface area (TPSA) is 90.9 Å². The van der Waals surface area contributed by atoms with E-state index in [1.54, 1.807) is 4.90 Å². The maximum absolute atomic E-state index is 11.6. The number of ether oxygens (including phenoxy) is 3. The first kappa shape index (κ1) is 14.9. The summed E-state index contributed by atoms with van der Waals surface area (Å²) in [5, 5.41) is 0. The minimum Gasteiger partial charge on any atom is -0.476 e. The van der Waals surface area contributed by atoms with Crippen molar-refractivity contribution in [2.75, 3.05) is 19.7 Å². The van der Waals surface area contributed by atoms with Crippen LogP contribution in [0, 0.1) is 0 Å². The Balaban J connectivity index is 2.08. The molecule has 0 atom stereocenters. The second kappa shape index (κ2) is 5.65. The Hall–Kier alpha value is -2.00. The highest BCUT2D eigenvalue weighted by atomic mass is 32.1. The molecule has 2 aliphatic heterocycles. The molecule has 0 aliphatic carbocycles. The Kier molecular flexibility index (Phi) is 3.83. The molecule has 1 fully saturated rings. The van der Waals surface area contributed by atoms with Crippen LogP contribution in [-0.2, 0) is 19.1 Å². The van der Waals surface area contributed by atoms with Crippen molar-refractivity contribution in [3.05, 3.63) is 11.8 Å². The van der Waals surface area contributed by atoms with Gasteiger partial charge in [-0.05, 0) is 13.3 Å². The molecule has 3 rings (SSSR count). The Labute approximate surface area is 131 Å². The predicted molar refractivity (Wildman–Crippen MR) is 75.8 cm³/mol. The molecule has 0 unspecified atom stereocenters. The summed E-state index contributed by atoms with van der Waals surface area (Å²) in [5.74, 6) is -3.24. The molecule has 0 radical (unpaired) electrons. The van der Waals surface area contributed by atoms with Crippen molar-refractivity contribution >= 4 is 29.2 Å². The number of esters is 2. The molecule has 0 aromatic carbocycles. The highest BCUT2D eigenvalue weighted by Crippen LogP contribution is 2.43. The van der Waals surface area contributed by atoms with Gasteiger partial charge in [-0.2, -0.15) is 4.37 Å². The van der Waals surface area contributed by atoms with E-state index in [1.807, 2.05) is 19.9 Å². The third-order valence-electron chi connectivity index (χ3n) is 3.51. The number of aromatic nitrogens is 2. The van der Waals surface area contributed by atoms with Crippen LogP contribution in [0.3, 0.4) is 0 Å². The van der Waals surface area contributed by atoms with Gasteiger partial charge >= 0.3 is 17.8 Å². The van der Waals surface area contributed by atoms with E-state index < -0.39 is 17.8 Å². The van der Waals surface area contributed by atoms with Crippen molar-refractivity contribution < 1.29 is 23.8 Å². The molecule has 1 aromatic heterocycles. The zero-order valence-electron chi connectivity index (χ0n) is 12.2. The first-order valence-electron chi connectivity index (χ1n) is 7.00. The monoisotopic (exact) mass is 325 g/mol. The van der Waals surface area contributed by atoms with Gasteiger partial charge in [0.05, 0.1) is 23.9 Å². The standard InChI is InChI=1S/C13H15N3O5S/c1-3-16-7-5-6-8(9-10(19-4-2)15-22-14-9)13(16)20-11(17)12(18)21-13/h6H,3-5,7H2,1-2H3. The number of hydrogen-bond acceptors (Lipinski definition) is 9. The number of likely N-dealkylation sites (N-methyl/N-ethyl adjacent to an activating group) is 1. The van der Waals surface area contributed by atoms with E-state index in [1.165, 1.54) is 0 Å². The van der Waals surface area contributed by atoms with Crippen LogP contribution < -0.4 is 4.74 Å². The van der Waals surface area contributed by atoms with E-state index in [9.17, 15) is 9.59 Å². The lowest BCUT2D eigenvalue weighted by Gasteiger charge is -2.39. The molecule has 0 amide bonds. The predicted octanol–water partition coefficient (Wildman–Crippen LogP) is 0.800. The number of rotatable bonds is 4. The normalized spacial score (nSPS) is 20.7. The zero-order valence-corrected chi connectivity index (χ0v) is 13.0. The van der Waals surface area contributed by atoms with E-state index in [0.717, 1.165) is 11.7 Å². The molecule has 2 aliphatic rings. The van der Waals surface area contributed by atoms with Gasteiger partial charge in [-0.1, -0.05) is 13.0 Å². The second-order valence-electron chi connectivity index (χ2n) is 4.70. The van der Waals surface area contributed by atoms with E-state index in [0.29, 0.717) is 43.3 Å². The number of nitrogens with zero attached hydrogens (tertiary/aromatic N) is 3. The summed E-state index contributed by atoms with van der Waals surface area (Å²) in [5.41, 5.74) is 0.921. The molecule has 3 heterocycles. The number of hydrogen-bond donors (Lipinski definition) is 0. The van der Waals surface area contributed by atoms with Crippen LogP contribution in [0.5, 0.6) is 5.88 Å². The van der Waals surface area contributed by atoms with Gasteiger partial charge in [0.1, 0.15) is 0 Å². The molecule has 1 spiro atoms. The highest BCUT2D eigenvalue weighted by Gasteiger charge is 2.58.